The molecule has 1 aromatic carbocycles. The number of hydrogen-bond acceptors (Lipinski definition) is 3. The second kappa shape index (κ2) is 6.81. The standard InChI is InChI=1S/C18H21FN2OS/c1-12-8-9-17(23-12)16-7-4-10-21(16)13(2)18(22)20-15-6-3-5-14(19)11-15/h3,5-6,8-9,11,13,16H,4,7,10H2,1-2H3,(H,20,22). The number of hydrogen-bond donors (Lipinski definition) is 1. The molecule has 0 radical (unpaired) electrons. The van der Waals surface area contributed by atoms with Crippen molar-refractivity contribution in [2.75, 3.05) is 11.9 Å². The number of aryl methyl sites for hydroxylation is 1. The second-order valence-corrected chi connectivity index (χ2v) is 7.34. The Labute approximate surface area is 140 Å². The summed E-state index contributed by atoms with van der Waals surface area (Å²) >= 11 is 1.80. The molecule has 23 heavy (non-hydrogen) atoms. The first-order valence-electron chi connectivity index (χ1n) is 7.93. The summed E-state index contributed by atoms with van der Waals surface area (Å²) in [4.78, 5) is 17.4. The molecule has 1 saturated heterocycles. The van der Waals surface area contributed by atoms with Crippen molar-refractivity contribution < 1.29 is 9.18 Å². The van der Waals surface area contributed by atoms with Crippen molar-refractivity contribution >= 4 is 22.9 Å². The van der Waals surface area contributed by atoms with Crippen molar-refractivity contribution in [1.82, 2.24) is 4.90 Å². The maximum atomic E-state index is 13.2. The van der Waals surface area contributed by atoms with E-state index < -0.39 is 0 Å². The first kappa shape index (κ1) is 16.1. The maximum Gasteiger partial charge on any atom is 0.241 e. The van der Waals surface area contributed by atoms with Crippen LogP contribution in [-0.2, 0) is 4.79 Å². The van der Waals surface area contributed by atoms with Gasteiger partial charge in [0.15, 0.2) is 0 Å². The molecule has 0 bridgehead atoms. The number of nitrogens with one attached hydrogen (secondary N) is 1. The number of amides is 1. The first-order chi connectivity index (χ1) is 11.0. The molecule has 1 amide bonds. The van der Waals surface area contributed by atoms with Gasteiger partial charge < -0.3 is 5.32 Å². The lowest BCUT2D eigenvalue weighted by Crippen LogP contribution is -2.41. The Morgan fingerprint density at radius 1 is 1.39 bits per heavy atom. The van der Waals surface area contributed by atoms with Gasteiger partial charge in [0.1, 0.15) is 5.82 Å². The van der Waals surface area contributed by atoms with E-state index in [9.17, 15) is 9.18 Å². The minimum atomic E-state index is -0.344. The summed E-state index contributed by atoms with van der Waals surface area (Å²) in [5.41, 5.74) is 0.504. The molecule has 2 atom stereocenters. The quantitative estimate of drug-likeness (QED) is 0.902. The Morgan fingerprint density at radius 2 is 2.22 bits per heavy atom. The van der Waals surface area contributed by atoms with Gasteiger partial charge in [0, 0.05) is 21.5 Å². The van der Waals surface area contributed by atoms with E-state index in [2.05, 4.69) is 29.3 Å². The van der Waals surface area contributed by atoms with Gasteiger partial charge in [-0.15, -0.1) is 11.3 Å². The van der Waals surface area contributed by atoms with Crippen LogP contribution >= 0.6 is 11.3 Å². The van der Waals surface area contributed by atoms with Crippen LogP contribution in [0.25, 0.3) is 0 Å². The number of nitrogens with zero attached hydrogens (tertiary/aromatic N) is 1. The number of likely N-dealkylation sites (tertiary alicyclic amines) is 1. The summed E-state index contributed by atoms with van der Waals surface area (Å²) in [6, 6.07) is 10.4. The average molecular weight is 332 g/mol. The van der Waals surface area contributed by atoms with Gasteiger partial charge in [0.25, 0.3) is 0 Å². The van der Waals surface area contributed by atoms with Crippen LogP contribution in [-0.4, -0.2) is 23.4 Å². The average Bonchev–Trinajstić information content (AvgIpc) is 3.14. The van der Waals surface area contributed by atoms with Gasteiger partial charge in [-0.2, -0.15) is 0 Å². The zero-order chi connectivity index (χ0) is 16.4. The molecule has 2 unspecified atom stereocenters. The van der Waals surface area contributed by atoms with Crippen LogP contribution in [0.4, 0.5) is 10.1 Å². The molecule has 0 saturated carbocycles. The molecule has 1 aliphatic rings. The Hall–Kier alpha value is -1.72. The zero-order valence-electron chi connectivity index (χ0n) is 13.4. The van der Waals surface area contributed by atoms with E-state index in [1.165, 1.54) is 21.9 Å². The van der Waals surface area contributed by atoms with E-state index in [0.717, 1.165) is 19.4 Å². The molecule has 2 aromatic rings. The topological polar surface area (TPSA) is 32.3 Å². The number of carbonyl (C=O) groups is 1. The first-order valence-corrected chi connectivity index (χ1v) is 8.75. The van der Waals surface area contributed by atoms with Gasteiger partial charge >= 0.3 is 0 Å². The molecule has 5 heteroatoms. The zero-order valence-corrected chi connectivity index (χ0v) is 14.2. The summed E-state index contributed by atoms with van der Waals surface area (Å²) in [5.74, 6) is -0.431. The molecule has 0 aliphatic carbocycles. The van der Waals surface area contributed by atoms with E-state index in [4.69, 9.17) is 0 Å². The summed E-state index contributed by atoms with van der Waals surface area (Å²) in [5, 5.41) is 2.82. The molecule has 2 heterocycles. The van der Waals surface area contributed by atoms with Crippen LogP contribution in [0, 0.1) is 12.7 Å². The van der Waals surface area contributed by atoms with Crippen LogP contribution in [0.1, 0.15) is 35.6 Å². The normalized spacial score (nSPS) is 19.7. The number of carbonyl (C=O) groups excluding carboxylic acids is 1. The highest BCUT2D eigenvalue weighted by Gasteiger charge is 2.33. The fourth-order valence-corrected chi connectivity index (χ4v) is 4.19. The molecule has 1 aromatic heterocycles. The van der Waals surface area contributed by atoms with E-state index in [-0.39, 0.29) is 17.8 Å². The summed E-state index contributed by atoms with van der Waals surface area (Å²) in [6.07, 6.45) is 2.18. The van der Waals surface area contributed by atoms with Crippen molar-refractivity contribution in [2.45, 2.75) is 38.8 Å². The SMILES string of the molecule is Cc1ccc(C2CCCN2C(C)C(=O)Nc2cccc(F)c2)s1. The van der Waals surface area contributed by atoms with Gasteiger partial charge in [0.05, 0.1) is 6.04 Å². The van der Waals surface area contributed by atoms with Gasteiger partial charge in [0.2, 0.25) is 5.91 Å². The lowest BCUT2D eigenvalue weighted by molar-refractivity contribution is -0.121. The van der Waals surface area contributed by atoms with Crippen molar-refractivity contribution in [3.8, 4) is 0 Å². The smallest absolute Gasteiger partial charge is 0.241 e. The van der Waals surface area contributed by atoms with Gasteiger partial charge in [-0.05, 0) is 63.6 Å². The van der Waals surface area contributed by atoms with Crippen LogP contribution in [0.3, 0.4) is 0 Å². The molecular weight excluding hydrogens is 311 g/mol. The predicted octanol–water partition coefficient (Wildman–Crippen LogP) is 4.36. The highest BCUT2D eigenvalue weighted by Crippen LogP contribution is 2.37. The minimum absolute atomic E-state index is 0.0872. The molecule has 1 N–H and O–H groups in total. The fraction of sp³-hybridized carbons (Fsp3) is 0.389. The van der Waals surface area contributed by atoms with Crippen molar-refractivity contribution in [1.29, 1.82) is 0 Å². The van der Waals surface area contributed by atoms with E-state index in [1.807, 2.05) is 6.92 Å². The van der Waals surface area contributed by atoms with Crippen molar-refractivity contribution in [3.63, 3.8) is 0 Å². The Balaban J connectivity index is 1.71. The Kier molecular flexibility index (Phi) is 4.78. The third kappa shape index (κ3) is 3.62. The fourth-order valence-electron chi connectivity index (χ4n) is 3.15. The maximum absolute atomic E-state index is 13.2. The van der Waals surface area contributed by atoms with E-state index in [0.29, 0.717) is 11.7 Å². The number of halogens is 1. The van der Waals surface area contributed by atoms with Gasteiger partial charge in [-0.3, -0.25) is 9.69 Å². The third-order valence-electron chi connectivity index (χ3n) is 4.35. The predicted molar refractivity (Wildman–Crippen MR) is 92.2 cm³/mol. The second-order valence-electron chi connectivity index (χ2n) is 6.02. The molecule has 122 valence electrons. The number of anilines is 1. The van der Waals surface area contributed by atoms with Crippen LogP contribution < -0.4 is 5.32 Å². The summed E-state index contributed by atoms with van der Waals surface area (Å²) < 4.78 is 13.2. The van der Waals surface area contributed by atoms with Gasteiger partial charge in [-0.1, -0.05) is 6.07 Å². The van der Waals surface area contributed by atoms with Crippen molar-refractivity contribution in [3.05, 3.63) is 52.0 Å². The highest BCUT2D eigenvalue weighted by molar-refractivity contribution is 7.12. The number of thiophene rings is 1. The van der Waals surface area contributed by atoms with Crippen LogP contribution in [0.2, 0.25) is 0 Å². The molecule has 1 fully saturated rings. The molecule has 3 rings (SSSR count). The van der Waals surface area contributed by atoms with Crippen LogP contribution in [0.15, 0.2) is 36.4 Å². The molecule has 1 aliphatic heterocycles. The Morgan fingerprint density at radius 3 is 2.91 bits per heavy atom. The van der Waals surface area contributed by atoms with Crippen LogP contribution in [0.5, 0.6) is 0 Å². The summed E-state index contributed by atoms with van der Waals surface area (Å²) in [6.45, 7) is 4.94. The van der Waals surface area contributed by atoms with Gasteiger partial charge in [-0.25, -0.2) is 4.39 Å². The highest BCUT2D eigenvalue weighted by atomic mass is 32.1. The van der Waals surface area contributed by atoms with E-state index >= 15 is 0 Å². The lowest BCUT2D eigenvalue weighted by atomic mass is 10.1. The molecular formula is C18H21FN2OS. The lowest BCUT2D eigenvalue weighted by Gasteiger charge is -2.29. The third-order valence-corrected chi connectivity index (χ3v) is 5.45. The van der Waals surface area contributed by atoms with E-state index in [1.54, 1.807) is 23.5 Å². The number of rotatable bonds is 4. The largest absolute Gasteiger partial charge is 0.325 e. The minimum Gasteiger partial charge on any atom is -0.325 e. The molecule has 3 nitrogen and oxygen atoms in total. The monoisotopic (exact) mass is 332 g/mol. The Bertz CT molecular complexity index is 700. The summed E-state index contributed by atoms with van der Waals surface area (Å²) in [7, 11) is 0. The number of benzene rings is 1. The van der Waals surface area contributed by atoms with Crippen molar-refractivity contribution in [2.24, 2.45) is 0 Å². The molecule has 0 spiro atoms.